The number of hydrogen-bond acceptors (Lipinski definition) is 2. The molecule has 0 heterocycles. The lowest BCUT2D eigenvalue weighted by molar-refractivity contribution is -0.148. The van der Waals surface area contributed by atoms with Gasteiger partial charge in [-0.15, -0.1) is 0 Å². The maximum absolute atomic E-state index is 11.5. The first-order chi connectivity index (χ1) is 7.52. The van der Waals surface area contributed by atoms with Gasteiger partial charge in [0.05, 0.1) is 5.41 Å². The number of carbonyl (C=O) groups is 2. The molecule has 2 fully saturated rings. The van der Waals surface area contributed by atoms with E-state index in [1.54, 1.807) is 6.92 Å². The van der Waals surface area contributed by atoms with Crippen LogP contribution in [0.15, 0.2) is 0 Å². The van der Waals surface area contributed by atoms with Gasteiger partial charge in [-0.3, -0.25) is 4.79 Å². The highest BCUT2D eigenvalue weighted by Crippen LogP contribution is 2.38. The van der Waals surface area contributed by atoms with Crippen molar-refractivity contribution in [3.63, 3.8) is 0 Å². The summed E-state index contributed by atoms with van der Waals surface area (Å²) in [5.41, 5.74) is -0.805. The first-order valence-corrected chi connectivity index (χ1v) is 5.83. The number of urea groups is 1. The van der Waals surface area contributed by atoms with Crippen LogP contribution < -0.4 is 10.6 Å². The smallest absolute Gasteiger partial charge is 0.315 e. The SMILES string of the molecule is CC1(C(=O)O)CCCC1NC(=O)NC1CC1. The molecule has 2 aliphatic carbocycles. The monoisotopic (exact) mass is 226 g/mol. The number of aliphatic carboxylic acids is 1. The second-order valence-corrected chi connectivity index (χ2v) is 5.06. The van der Waals surface area contributed by atoms with E-state index < -0.39 is 11.4 Å². The molecule has 2 rings (SSSR count). The zero-order valence-corrected chi connectivity index (χ0v) is 9.45. The Balaban J connectivity index is 1.92. The summed E-state index contributed by atoms with van der Waals surface area (Å²) >= 11 is 0. The largest absolute Gasteiger partial charge is 0.481 e. The minimum Gasteiger partial charge on any atom is -0.481 e. The van der Waals surface area contributed by atoms with Gasteiger partial charge in [-0.25, -0.2) is 4.79 Å². The van der Waals surface area contributed by atoms with Gasteiger partial charge in [0.2, 0.25) is 0 Å². The van der Waals surface area contributed by atoms with E-state index in [2.05, 4.69) is 10.6 Å². The highest BCUT2D eigenvalue weighted by Gasteiger charge is 2.46. The van der Waals surface area contributed by atoms with Crippen molar-refractivity contribution in [1.29, 1.82) is 0 Å². The first-order valence-electron chi connectivity index (χ1n) is 5.83. The summed E-state index contributed by atoms with van der Waals surface area (Å²) in [4.78, 5) is 22.7. The van der Waals surface area contributed by atoms with Crippen molar-refractivity contribution in [3.05, 3.63) is 0 Å². The first kappa shape index (κ1) is 11.2. The molecule has 0 aliphatic heterocycles. The van der Waals surface area contributed by atoms with Crippen LogP contribution in [0.1, 0.15) is 39.0 Å². The van der Waals surface area contributed by atoms with Gasteiger partial charge in [-0.1, -0.05) is 6.42 Å². The molecule has 0 spiro atoms. The Morgan fingerprint density at radius 1 is 1.25 bits per heavy atom. The second-order valence-electron chi connectivity index (χ2n) is 5.06. The second kappa shape index (κ2) is 3.96. The zero-order chi connectivity index (χ0) is 11.8. The number of hydrogen-bond donors (Lipinski definition) is 3. The molecule has 0 aromatic carbocycles. The molecule has 0 radical (unpaired) electrons. The van der Waals surface area contributed by atoms with Gasteiger partial charge in [0.1, 0.15) is 0 Å². The van der Waals surface area contributed by atoms with Crippen molar-refractivity contribution in [2.75, 3.05) is 0 Å². The van der Waals surface area contributed by atoms with Gasteiger partial charge in [-0.2, -0.15) is 0 Å². The molecule has 2 saturated carbocycles. The summed E-state index contributed by atoms with van der Waals surface area (Å²) < 4.78 is 0. The van der Waals surface area contributed by atoms with Crippen LogP contribution in [-0.4, -0.2) is 29.2 Å². The van der Waals surface area contributed by atoms with Crippen LogP contribution in [0.4, 0.5) is 4.79 Å². The molecule has 0 saturated heterocycles. The van der Waals surface area contributed by atoms with Gasteiger partial charge in [0, 0.05) is 12.1 Å². The summed E-state index contributed by atoms with van der Waals surface area (Å²) in [7, 11) is 0. The number of nitrogens with one attached hydrogen (secondary N) is 2. The van der Waals surface area contributed by atoms with E-state index in [4.69, 9.17) is 0 Å². The van der Waals surface area contributed by atoms with Crippen LogP contribution >= 0.6 is 0 Å². The quantitative estimate of drug-likeness (QED) is 0.674. The van der Waals surface area contributed by atoms with E-state index in [1.807, 2.05) is 0 Å². The molecule has 16 heavy (non-hydrogen) atoms. The number of carboxylic acid groups (broad SMARTS) is 1. The molecule has 5 heteroatoms. The predicted octanol–water partition coefficient (Wildman–Crippen LogP) is 1.09. The van der Waals surface area contributed by atoms with E-state index in [9.17, 15) is 14.7 Å². The lowest BCUT2D eigenvalue weighted by Crippen LogP contribution is -2.50. The van der Waals surface area contributed by atoms with Crippen molar-refractivity contribution < 1.29 is 14.7 Å². The van der Waals surface area contributed by atoms with Gasteiger partial charge in [0.25, 0.3) is 0 Å². The normalized spacial score (nSPS) is 33.4. The molecule has 2 unspecified atom stereocenters. The van der Waals surface area contributed by atoms with Crippen LogP contribution in [0.25, 0.3) is 0 Å². The Morgan fingerprint density at radius 3 is 2.50 bits per heavy atom. The van der Waals surface area contributed by atoms with Gasteiger partial charge < -0.3 is 15.7 Å². The van der Waals surface area contributed by atoms with Gasteiger partial charge in [0.15, 0.2) is 0 Å². The van der Waals surface area contributed by atoms with E-state index in [1.165, 1.54) is 0 Å². The average Bonchev–Trinajstić information content (AvgIpc) is 2.92. The minimum atomic E-state index is -0.818. The van der Waals surface area contributed by atoms with E-state index in [-0.39, 0.29) is 12.1 Å². The van der Waals surface area contributed by atoms with Crippen molar-refractivity contribution in [1.82, 2.24) is 10.6 Å². The van der Waals surface area contributed by atoms with Crippen molar-refractivity contribution in [2.45, 2.75) is 51.1 Å². The minimum absolute atomic E-state index is 0.220. The van der Waals surface area contributed by atoms with Gasteiger partial charge >= 0.3 is 12.0 Å². The molecule has 2 aliphatic rings. The standard InChI is InChI=1S/C11H18N2O3/c1-11(9(14)15)6-2-3-8(11)13-10(16)12-7-4-5-7/h7-8H,2-6H2,1H3,(H,14,15)(H2,12,13,16). The summed E-state index contributed by atoms with van der Waals surface area (Å²) in [6.07, 6.45) is 4.32. The fourth-order valence-electron chi connectivity index (χ4n) is 2.27. The fraction of sp³-hybridized carbons (Fsp3) is 0.818. The van der Waals surface area contributed by atoms with Crippen molar-refractivity contribution in [2.24, 2.45) is 5.41 Å². The molecule has 0 aromatic heterocycles. The highest BCUT2D eigenvalue weighted by atomic mass is 16.4. The van der Waals surface area contributed by atoms with Crippen LogP contribution in [0.3, 0.4) is 0 Å². The fourth-order valence-corrected chi connectivity index (χ4v) is 2.27. The van der Waals surface area contributed by atoms with Crippen LogP contribution in [-0.2, 0) is 4.79 Å². The maximum atomic E-state index is 11.5. The molecular formula is C11H18N2O3. The predicted molar refractivity (Wildman–Crippen MR) is 58.1 cm³/mol. The Morgan fingerprint density at radius 2 is 1.94 bits per heavy atom. The average molecular weight is 226 g/mol. The number of carboxylic acids is 1. The third kappa shape index (κ3) is 2.13. The number of carbonyl (C=O) groups excluding carboxylic acids is 1. The molecule has 0 bridgehead atoms. The molecule has 90 valence electrons. The lowest BCUT2D eigenvalue weighted by atomic mass is 9.85. The highest BCUT2D eigenvalue weighted by molar-refractivity contribution is 5.79. The Hall–Kier alpha value is -1.26. The van der Waals surface area contributed by atoms with Gasteiger partial charge in [-0.05, 0) is 32.6 Å². The summed E-state index contributed by atoms with van der Waals surface area (Å²) in [6.45, 7) is 1.71. The summed E-state index contributed by atoms with van der Waals surface area (Å²) in [6, 6.07) is -0.164. The van der Waals surface area contributed by atoms with E-state index >= 15 is 0 Å². The molecule has 5 nitrogen and oxygen atoms in total. The number of rotatable bonds is 3. The molecule has 2 atom stereocenters. The molecular weight excluding hydrogens is 208 g/mol. The molecule has 3 N–H and O–H groups in total. The Bertz CT molecular complexity index is 314. The van der Waals surface area contributed by atoms with E-state index in [0.29, 0.717) is 12.5 Å². The number of amides is 2. The van der Waals surface area contributed by atoms with E-state index in [0.717, 1.165) is 25.7 Å². The maximum Gasteiger partial charge on any atom is 0.315 e. The molecule has 2 amide bonds. The lowest BCUT2D eigenvalue weighted by Gasteiger charge is -2.27. The molecule has 0 aromatic rings. The topological polar surface area (TPSA) is 78.4 Å². The Kier molecular flexibility index (Phi) is 2.78. The van der Waals surface area contributed by atoms with Crippen molar-refractivity contribution in [3.8, 4) is 0 Å². The Labute approximate surface area is 94.6 Å². The summed E-state index contributed by atoms with van der Waals surface area (Å²) in [5.74, 6) is -0.818. The zero-order valence-electron chi connectivity index (χ0n) is 9.45. The third-order valence-corrected chi connectivity index (χ3v) is 3.66. The van der Waals surface area contributed by atoms with Crippen LogP contribution in [0.5, 0.6) is 0 Å². The summed E-state index contributed by atoms with van der Waals surface area (Å²) in [5, 5.41) is 14.8. The van der Waals surface area contributed by atoms with Crippen molar-refractivity contribution >= 4 is 12.0 Å². The van der Waals surface area contributed by atoms with Crippen LogP contribution in [0, 0.1) is 5.41 Å². The third-order valence-electron chi connectivity index (χ3n) is 3.66. The van der Waals surface area contributed by atoms with Crippen LogP contribution in [0.2, 0.25) is 0 Å².